The predicted octanol–water partition coefficient (Wildman–Crippen LogP) is 2.76. The molecule has 1 N–H and O–H groups in total. The Morgan fingerprint density at radius 2 is 2.00 bits per heavy atom. The summed E-state index contributed by atoms with van der Waals surface area (Å²) in [6.07, 6.45) is 1.05. The van der Waals surface area contributed by atoms with E-state index in [4.69, 9.17) is 39.9 Å². The Labute approximate surface area is 87.2 Å². The Bertz CT molecular complexity index is 185. The zero-order chi connectivity index (χ0) is 9.07. The van der Waals surface area contributed by atoms with Gasteiger partial charge in [-0.2, -0.15) is 0 Å². The molecule has 0 saturated heterocycles. The smallest absolute Gasteiger partial charge is 0.332 e. The summed E-state index contributed by atoms with van der Waals surface area (Å²) >= 11 is 18.9. The second-order valence-electron chi connectivity index (χ2n) is 1.65. The molecule has 0 radical (unpaired) electrons. The summed E-state index contributed by atoms with van der Waals surface area (Å²) in [7, 11) is 0. The third kappa shape index (κ3) is 5.79. The summed E-state index contributed by atoms with van der Waals surface area (Å²) in [6, 6.07) is 0. The summed E-state index contributed by atoms with van der Waals surface area (Å²) in [5, 5.41) is 8.61. The van der Waals surface area contributed by atoms with E-state index in [2.05, 4.69) is 15.9 Å². The molecule has 0 saturated carbocycles. The lowest BCUT2D eigenvalue weighted by Crippen LogP contribution is -2.07. The quantitative estimate of drug-likeness (QED) is 0.624. The average Bonchev–Trinajstić information content (AvgIpc) is 1.80. The highest BCUT2D eigenvalue weighted by molar-refractivity contribution is 9.09. The fourth-order valence-electron chi connectivity index (χ4n) is 0.355. The van der Waals surface area contributed by atoms with Gasteiger partial charge in [-0.25, -0.2) is 4.79 Å². The van der Waals surface area contributed by atoms with Crippen molar-refractivity contribution >= 4 is 56.7 Å². The average molecular weight is 282 g/mol. The molecule has 0 aromatic heterocycles. The number of allylic oxidation sites excluding steroid dienone is 1. The molecule has 0 fully saturated rings. The van der Waals surface area contributed by atoms with E-state index in [0.29, 0.717) is 0 Å². The number of alkyl halides is 4. The molecule has 2 nitrogen and oxygen atoms in total. The van der Waals surface area contributed by atoms with Gasteiger partial charge < -0.3 is 5.11 Å². The van der Waals surface area contributed by atoms with Gasteiger partial charge in [-0.1, -0.05) is 50.7 Å². The first-order chi connectivity index (χ1) is 4.87. The number of hydrogen-bond acceptors (Lipinski definition) is 1. The Hall–Kier alpha value is 0.560. The van der Waals surface area contributed by atoms with Gasteiger partial charge in [0, 0.05) is 10.9 Å². The van der Waals surface area contributed by atoms with Gasteiger partial charge in [-0.15, -0.1) is 0 Å². The van der Waals surface area contributed by atoms with E-state index in [1.807, 2.05) is 0 Å². The first-order valence-corrected chi connectivity index (χ1v) is 4.70. The van der Waals surface area contributed by atoms with Crippen molar-refractivity contribution in [3.63, 3.8) is 0 Å². The van der Waals surface area contributed by atoms with E-state index < -0.39 is 9.76 Å². The molecule has 64 valence electrons. The van der Waals surface area contributed by atoms with Gasteiger partial charge in [0.2, 0.25) is 3.79 Å². The van der Waals surface area contributed by atoms with Crippen molar-refractivity contribution in [2.45, 2.75) is 3.79 Å². The lowest BCUT2D eigenvalue weighted by atomic mass is 10.3. The Kier molecular flexibility index (Phi) is 4.78. The number of carbonyl (C=O) groups is 1. The van der Waals surface area contributed by atoms with Crippen LogP contribution in [0.1, 0.15) is 0 Å². The van der Waals surface area contributed by atoms with Gasteiger partial charge in [-0.3, -0.25) is 0 Å². The van der Waals surface area contributed by atoms with Gasteiger partial charge >= 0.3 is 5.97 Å². The van der Waals surface area contributed by atoms with Crippen molar-refractivity contribution in [3.05, 3.63) is 11.6 Å². The topological polar surface area (TPSA) is 37.3 Å². The molecular weight excluding hydrogens is 278 g/mol. The number of hydrogen-bond donors (Lipinski definition) is 1. The third-order valence-corrected chi connectivity index (χ3v) is 1.69. The van der Waals surface area contributed by atoms with Crippen LogP contribution in [0.2, 0.25) is 0 Å². The van der Waals surface area contributed by atoms with Gasteiger partial charge in [0.1, 0.15) is 0 Å². The van der Waals surface area contributed by atoms with Crippen molar-refractivity contribution in [2.24, 2.45) is 0 Å². The van der Waals surface area contributed by atoms with Crippen LogP contribution in [0.25, 0.3) is 0 Å². The van der Waals surface area contributed by atoms with Crippen molar-refractivity contribution in [1.82, 2.24) is 0 Å². The highest BCUT2D eigenvalue weighted by Crippen LogP contribution is 2.29. The van der Waals surface area contributed by atoms with Gasteiger partial charge in [0.15, 0.2) is 0 Å². The predicted molar refractivity (Wildman–Crippen MR) is 49.8 cm³/mol. The van der Waals surface area contributed by atoms with Crippen molar-refractivity contribution in [2.75, 3.05) is 5.33 Å². The highest BCUT2D eigenvalue weighted by atomic mass is 79.9. The van der Waals surface area contributed by atoms with Crippen LogP contribution in [0, 0.1) is 0 Å². The van der Waals surface area contributed by atoms with E-state index in [1.54, 1.807) is 0 Å². The second kappa shape index (κ2) is 4.55. The fraction of sp³-hybridized carbons (Fsp3) is 0.400. The van der Waals surface area contributed by atoms with Gasteiger partial charge in [0.05, 0.1) is 0 Å². The van der Waals surface area contributed by atoms with Crippen LogP contribution < -0.4 is 0 Å². The summed E-state index contributed by atoms with van der Waals surface area (Å²) in [5.41, 5.74) is 0.0185. The lowest BCUT2D eigenvalue weighted by molar-refractivity contribution is -0.132. The first-order valence-electron chi connectivity index (χ1n) is 2.44. The molecule has 0 heterocycles. The summed E-state index contributed by atoms with van der Waals surface area (Å²) in [4.78, 5) is 10.3. The maximum absolute atomic E-state index is 10.3. The number of carboxylic acids is 1. The maximum Gasteiger partial charge on any atom is 0.332 e. The first kappa shape index (κ1) is 11.6. The standard InChI is InChI=1S/C5H4BrCl3O2/c6-2-3(4(10)11)1-5(7,8)9/h1H,2H2,(H,10,11). The molecule has 0 unspecified atom stereocenters. The van der Waals surface area contributed by atoms with E-state index in [1.165, 1.54) is 0 Å². The molecule has 0 amide bonds. The number of halogens is 4. The van der Waals surface area contributed by atoms with Crippen molar-refractivity contribution < 1.29 is 9.90 Å². The summed E-state index contributed by atoms with van der Waals surface area (Å²) in [5.74, 6) is -1.10. The lowest BCUT2D eigenvalue weighted by Gasteiger charge is -2.04. The second-order valence-corrected chi connectivity index (χ2v) is 4.58. The van der Waals surface area contributed by atoms with E-state index in [0.717, 1.165) is 6.08 Å². The Balaban J connectivity index is 4.49. The highest BCUT2D eigenvalue weighted by Gasteiger charge is 2.19. The molecule has 0 atom stereocenters. The van der Waals surface area contributed by atoms with Crippen molar-refractivity contribution in [1.29, 1.82) is 0 Å². The van der Waals surface area contributed by atoms with Crippen LogP contribution >= 0.6 is 50.7 Å². The monoisotopic (exact) mass is 280 g/mol. The molecule has 0 aliphatic carbocycles. The van der Waals surface area contributed by atoms with Crippen LogP contribution in [0.4, 0.5) is 0 Å². The molecule has 0 aliphatic rings. The molecule has 11 heavy (non-hydrogen) atoms. The minimum atomic E-state index is -1.65. The maximum atomic E-state index is 10.3. The zero-order valence-electron chi connectivity index (χ0n) is 5.15. The van der Waals surface area contributed by atoms with Gasteiger partial charge in [-0.05, 0) is 6.08 Å². The normalized spacial score (nSPS) is 13.3. The van der Waals surface area contributed by atoms with Crippen LogP contribution in [0.3, 0.4) is 0 Å². The molecule has 6 heteroatoms. The fourth-order valence-corrected chi connectivity index (χ4v) is 1.15. The summed E-state index contributed by atoms with van der Waals surface area (Å²) < 4.78 is -1.65. The van der Waals surface area contributed by atoms with E-state index in [9.17, 15) is 4.79 Å². The number of carboxylic acid groups (broad SMARTS) is 1. The Morgan fingerprint density at radius 1 is 1.55 bits per heavy atom. The third-order valence-electron chi connectivity index (χ3n) is 0.757. The van der Waals surface area contributed by atoms with Crippen LogP contribution in [-0.4, -0.2) is 20.2 Å². The van der Waals surface area contributed by atoms with Crippen LogP contribution in [0.5, 0.6) is 0 Å². The van der Waals surface area contributed by atoms with Crippen LogP contribution in [-0.2, 0) is 4.79 Å². The molecule has 0 bridgehead atoms. The molecule has 0 spiro atoms. The van der Waals surface area contributed by atoms with E-state index in [-0.39, 0.29) is 10.9 Å². The van der Waals surface area contributed by atoms with E-state index >= 15 is 0 Å². The van der Waals surface area contributed by atoms with Gasteiger partial charge in [0.25, 0.3) is 0 Å². The van der Waals surface area contributed by atoms with Crippen molar-refractivity contribution in [3.8, 4) is 0 Å². The molecule has 0 rings (SSSR count). The molecular formula is C5H4BrCl3O2. The SMILES string of the molecule is O=C(O)C(=CC(Cl)(Cl)Cl)CBr. The minimum Gasteiger partial charge on any atom is -0.478 e. The summed E-state index contributed by atoms with van der Waals surface area (Å²) in [6.45, 7) is 0. The number of aliphatic carboxylic acids is 1. The number of rotatable bonds is 2. The Morgan fingerprint density at radius 3 is 2.09 bits per heavy atom. The molecule has 0 aliphatic heterocycles. The zero-order valence-corrected chi connectivity index (χ0v) is 9.01. The largest absolute Gasteiger partial charge is 0.478 e. The van der Waals surface area contributed by atoms with Crippen LogP contribution in [0.15, 0.2) is 11.6 Å². The molecule has 0 aromatic carbocycles. The molecule has 0 aromatic rings. The minimum absolute atomic E-state index is 0.0185.